The predicted molar refractivity (Wildman–Crippen MR) is 109 cm³/mol. The second kappa shape index (κ2) is 8.47. The Balaban J connectivity index is 1.99. The highest BCUT2D eigenvalue weighted by Crippen LogP contribution is 2.36. The molecule has 0 spiro atoms. The minimum absolute atomic E-state index is 0.278. The van der Waals surface area contributed by atoms with E-state index in [1.807, 2.05) is 57.2 Å². The van der Waals surface area contributed by atoms with E-state index >= 15 is 0 Å². The van der Waals surface area contributed by atoms with Gasteiger partial charge in [0.25, 0.3) is 5.91 Å². The third-order valence-corrected chi connectivity index (χ3v) is 5.30. The van der Waals surface area contributed by atoms with Crippen molar-refractivity contribution in [2.75, 3.05) is 13.2 Å². The number of rotatable bonds is 7. The number of imide groups is 1. The average Bonchev–Trinajstić information content (AvgIpc) is 2.96. The van der Waals surface area contributed by atoms with Gasteiger partial charge in [-0.1, -0.05) is 61.9 Å². The molecule has 1 saturated heterocycles. The Morgan fingerprint density at radius 3 is 2.41 bits per heavy atom. The molecule has 1 atom stereocenters. The van der Waals surface area contributed by atoms with E-state index in [0.29, 0.717) is 11.1 Å². The summed E-state index contributed by atoms with van der Waals surface area (Å²) in [5.74, 6) is -1.07. The lowest BCUT2D eigenvalue weighted by Gasteiger charge is -2.28. The molecule has 1 fully saturated rings. The lowest BCUT2D eigenvalue weighted by Crippen LogP contribution is -2.45. The maximum atomic E-state index is 13.5. The van der Waals surface area contributed by atoms with E-state index in [4.69, 9.17) is 4.74 Å². The molecule has 3 rings (SSSR count). The van der Waals surface area contributed by atoms with Gasteiger partial charge >= 0.3 is 12.0 Å². The number of hydrogen-bond acceptors (Lipinski definition) is 4. The minimum Gasteiger partial charge on any atom is -0.464 e. The van der Waals surface area contributed by atoms with Gasteiger partial charge in [-0.3, -0.25) is 14.5 Å². The van der Waals surface area contributed by atoms with Crippen molar-refractivity contribution in [3.05, 3.63) is 70.8 Å². The number of carbonyl (C=O) groups is 3. The molecule has 152 valence electrons. The number of amides is 3. The summed E-state index contributed by atoms with van der Waals surface area (Å²) in [4.78, 5) is 39.4. The molecule has 0 unspecified atom stereocenters. The molecule has 1 heterocycles. The Bertz CT molecular complexity index is 926. The fourth-order valence-electron chi connectivity index (χ4n) is 3.45. The third kappa shape index (κ3) is 3.88. The summed E-state index contributed by atoms with van der Waals surface area (Å²) in [5.41, 5.74) is 2.03. The Kier molecular flexibility index (Phi) is 6.01. The second-order valence-corrected chi connectivity index (χ2v) is 7.31. The summed E-state index contributed by atoms with van der Waals surface area (Å²) in [6, 6.07) is 14.2. The van der Waals surface area contributed by atoms with E-state index in [1.54, 1.807) is 12.1 Å². The standard InChI is InChI=1S/C23H26N2O4/c1-4-5-13-29-20(26)15-25-21(27)23(24-22(25)28,18-9-7-6-8-10-18)19-12-11-16(2)17(3)14-19/h6-12,14H,4-5,13,15H2,1-3H3,(H,24,28)/t23-/m0/s1. The highest BCUT2D eigenvalue weighted by atomic mass is 16.5. The number of carbonyl (C=O) groups excluding carboxylic acids is 3. The molecule has 29 heavy (non-hydrogen) atoms. The minimum atomic E-state index is -1.37. The maximum absolute atomic E-state index is 13.5. The van der Waals surface area contributed by atoms with Gasteiger partial charge in [0.15, 0.2) is 5.54 Å². The molecule has 2 aromatic carbocycles. The number of nitrogens with one attached hydrogen (secondary N) is 1. The number of hydrogen-bond donors (Lipinski definition) is 1. The monoisotopic (exact) mass is 394 g/mol. The molecule has 0 aromatic heterocycles. The van der Waals surface area contributed by atoms with Gasteiger partial charge in [0.05, 0.1) is 6.61 Å². The Morgan fingerprint density at radius 2 is 1.76 bits per heavy atom. The zero-order chi connectivity index (χ0) is 21.0. The van der Waals surface area contributed by atoms with Crippen molar-refractivity contribution >= 4 is 17.9 Å². The van der Waals surface area contributed by atoms with Crippen LogP contribution in [0.1, 0.15) is 42.0 Å². The largest absolute Gasteiger partial charge is 0.464 e. The quantitative estimate of drug-likeness (QED) is 0.443. The van der Waals surface area contributed by atoms with Gasteiger partial charge in [-0.05, 0) is 42.5 Å². The van der Waals surface area contributed by atoms with Gasteiger partial charge in [0.2, 0.25) is 0 Å². The van der Waals surface area contributed by atoms with Crippen molar-refractivity contribution in [1.82, 2.24) is 10.2 Å². The van der Waals surface area contributed by atoms with Crippen LogP contribution < -0.4 is 5.32 Å². The summed E-state index contributed by atoms with van der Waals surface area (Å²) < 4.78 is 5.14. The zero-order valence-electron chi connectivity index (χ0n) is 17.0. The Labute approximate surface area is 170 Å². The van der Waals surface area contributed by atoms with Gasteiger partial charge < -0.3 is 10.1 Å². The van der Waals surface area contributed by atoms with Crippen molar-refractivity contribution in [3.8, 4) is 0 Å². The third-order valence-electron chi connectivity index (χ3n) is 5.30. The molecule has 1 aliphatic rings. The second-order valence-electron chi connectivity index (χ2n) is 7.31. The van der Waals surface area contributed by atoms with Crippen LogP contribution in [0.4, 0.5) is 4.79 Å². The maximum Gasteiger partial charge on any atom is 0.326 e. The van der Waals surface area contributed by atoms with Crippen LogP contribution in [0.25, 0.3) is 0 Å². The summed E-state index contributed by atoms with van der Waals surface area (Å²) >= 11 is 0. The molecule has 0 saturated carbocycles. The van der Waals surface area contributed by atoms with Crippen LogP contribution in [-0.2, 0) is 19.9 Å². The smallest absolute Gasteiger partial charge is 0.326 e. The first kappa shape index (κ1) is 20.6. The summed E-state index contributed by atoms with van der Waals surface area (Å²) in [7, 11) is 0. The molecule has 3 amide bonds. The summed E-state index contributed by atoms with van der Waals surface area (Å²) in [6.45, 7) is 5.81. The SMILES string of the molecule is CCCCOC(=O)CN1C(=O)N[C@@](c2ccccc2)(c2ccc(C)c(C)c2)C1=O. The van der Waals surface area contributed by atoms with Crippen LogP contribution in [0.2, 0.25) is 0 Å². The van der Waals surface area contributed by atoms with Crippen molar-refractivity contribution in [2.24, 2.45) is 0 Å². The molecule has 0 radical (unpaired) electrons. The van der Waals surface area contributed by atoms with E-state index < -0.39 is 30.0 Å². The van der Waals surface area contributed by atoms with Crippen LogP contribution in [0.15, 0.2) is 48.5 Å². The number of ether oxygens (including phenoxy) is 1. The number of nitrogens with zero attached hydrogens (tertiary/aromatic N) is 1. The zero-order valence-corrected chi connectivity index (χ0v) is 17.0. The molecule has 0 aliphatic carbocycles. The van der Waals surface area contributed by atoms with E-state index in [-0.39, 0.29) is 6.61 Å². The van der Waals surface area contributed by atoms with Crippen LogP contribution >= 0.6 is 0 Å². The van der Waals surface area contributed by atoms with Crippen molar-refractivity contribution in [3.63, 3.8) is 0 Å². The number of benzene rings is 2. The molecule has 0 bridgehead atoms. The van der Waals surface area contributed by atoms with E-state index in [0.717, 1.165) is 28.9 Å². The Hall–Kier alpha value is -3.15. The van der Waals surface area contributed by atoms with Crippen LogP contribution in [-0.4, -0.2) is 36.0 Å². The van der Waals surface area contributed by atoms with Crippen LogP contribution in [0.5, 0.6) is 0 Å². The molecule has 1 aliphatic heterocycles. The predicted octanol–water partition coefficient (Wildman–Crippen LogP) is 3.44. The highest BCUT2D eigenvalue weighted by Gasteiger charge is 2.54. The van der Waals surface area contributed by atoms with Crippen LogP contribution in [0.3, 0.4) is 0 Å². The van der Waals surface area contributed by atoms with Crippen molar-refractivity contribution < 1.29 is 19.1 Å². The first-order chi connectivity index (χ1) is 13.9. The summed E-state index contributed by atoms with van der Waals surface area (Å²) in [6.07, 6.45) is 1.63. The van der Waals surface area contributed by atoms with Gasteiger partial charge in [-0.15, -0.1) is 0 Å². The lowest BCUT2D eigenvalue weighted by molar-refractivity contribution is -0.147. The van der Waals surface area contributed by atoms with Gasteiger partial charge in [-0.2, -0.15) is 0 Å². The number of urea groups is 1. The average molecular weight is 394 g/mol. The fourth-order valence-corrected chi connectivity index (χ4v) is 3.45. The normalized spacial score (nSPS) is 18.7. The van der Waals surface area contributed by atoms with Gasteiger partial charge in [0.1, 0.15) is 6.54 Å². The topological polar surface area (TPSA) is 75.7 Å². The lowest BCUT2D eigenvalue weighted by atomic mass is 9.81. The first-order valence-corrected chi connectivity index (χ1v) is 9.83. The number of unbranched alkanes of at least 4 members (excludes halogenated alkanes) is 1. The molecule has 1 N–H and O–H groups in total. The van der Waals surface area contributed by atoms with Gasteiger partial charge in [-0.25, -0.2) is 4.79 Å². The van der Waals surface area contributed by atoms with E-state index in [1.165, 1.54) is 0 Å². The van der Waals surface area contributed by atoms with E-state index in [9.17, 15) is 14.4 Å². The van der Waals surface area contributed by atoms with Crippen LogP contribution in [0, 0.1) is 13.8 Å². The fraction of sp³-hybridized carbons (Fsp3) is 0.348. The Morgan fingerprint density at radius 1 is 1.03 bits per heavy atom. The summed E-state index contributed by atoms with van der Waals surface area (Å²) in [5, 5.41) is 2.85. The number of aryl methyl sites for hydroxylation is 2. The van der Waals surface area contributed by atoms with Crippen molar-refractivity contribution in [1.29, 1.82) is 0 Å². The number of esters is 1. The molecule has 2 aromatic rings. The molecule has 6 nitrogen and oxygen atoms in total. The van der Waals surface area contributed by atoms with E-state index in [2.05, 4.69) is 5.32 Å². The molecule has 6 heteroatoms. The molecular weight excluding hydrogens is 368 g/mol. The molecular formula is C23H26N2O4. The van der Waals surface area contributed by atoms with Gasteiger partial charge in [0, 0.05) is 0 Å². The van der Waals surface area contributed by atoms with Crippen molar-refractivity contribution in [2.45, 2.75) is 39.2 Å². The highest BCUT2D eigenvalue weighted by molar-refractivity contribution is 6.11. The first-order valence-electron chi connectivity index (χ1n) is 9.83.